The molecule has 1 aromatic heterocycles. The SMILES string of the molecule is CCc1ccc(CNc2cc(C(=O)NC)ccc2C)s1. The van der Waals surface area contributed by atoms with Crippen molar-refractivity contribution in [1.29, 1.82) is 0 Å². The average Bonchev–Trinajstić information content (AvgIpc) is 2.93. The summed E-state index contributed by atoms with van der Waals surface area (Å²) in [5.41, 5.74) is 2.84. The first-order valence-corrected chi connectivity index (χ1v) is 7.60. The lowest BCUT2D eigenvalue weighted by Crippen LogP contribution is -2.18. The van der Waals surface area contributed by atoms with E-state index in [1.54, 1.807) is 7.05 Å². The maximum absolute atomic E-state index is 11.7. The van der Waals surface area contributed by atoms with Gasteiger partial charge in [-0.1, -0.05) is 13.0 Å². The molecule has 0 radical (unpaired) electrons. The predicted octanol–water partition coefficient (Wildman–Crippen LogP) is 3.59. The van der Waals surface area contributed by atoms with Gasteiger partial charge in [-0.2, -0.15) is 0 Å². The van der Waals surface area contributed by atoms with Gasteiger partial charge in [-0.3, -0.25) is 4.79 Å². The lowest BCUT2D eigenvalue weighted by atomic mass is 10.1. The van der Waals surface area contributed by atoms with E-state index in [-0.39, 0.29) is 5.91 Å². The number of nitrogens with one attached hydrogen (secondary N) is 2. The molecule has 4 heteroatoms. The van der Waals surface area contributed by atoms with Crippen molar-refractivity contribution in [2.75, 3.05) is 12.4 Å². The summed E-state index contributed by atoms with van der Waals surface area (Å²) in [5, 5.41) is 6.06. The van der Waals surface area contributed by atoms with E-state index in [0.717, 1.165) is 24.2 Å². The zero-order valence-electron chi connectivity index (χ0n) is 12.1. The summed E-state index contributed by atoms with van der Waals surface area (Å²) in [5.74, 6) is -0.0579. The topological polar surface area (TPSA) is 41.1 Å². The fourth-order valence-electron chi connectivity index (χ4n) is 1.99. The van der Waals surface area contributed by atoms with Crippen LogP contribution in [0.3, 0.4) is 0 Å². The van der Waals surface area contributed by atoms with Crippen LogP contribution in [0.15, 0.2) is 30.3 Å². The number of hydrogen-bond acceptors (Lipinski definition) is 3. The van der Waals surface area contributed by atoms with Crippen LogP contribution < -0.4 is 10.6 Å². The first kappa shape index (κ1) is 14.6. The second kappa shape index (κ2) is 6.57. The summed E-state index contributed by atoms with van der Waals surface area (Å²) in [6.07, 6.45) is 1.08. The first-order chi connectivity index (χ1) is 9.63. The van der Waals surface area contributed by atoms with Gasteiger partial charge >= 0.3 is 0 Å². The molecule has 2 N–H and O–H groups in total. The maximum atomic E-state index is 11.7. The van der Waals surface area contributed by atoms with Gasteiger partial charge in [-0.05, 0) is 43.2 Å². The number of carbonyl (C=O) groups is 1. The highest BCUT2D eigenvalue weighted by molar-refractivity contribution is 7.12. The Morgan fingerprint density at radius 3 is 2.60 bits per heavy atom. The minimum atomic E-state index is -0.0579. The maximum Gasteiger partial charge on any atom is 0.251 e. The van der Waals surface area contributed by atoms with Crippen molar-refractivity contribution in [2.24, 2.45) is 0 Å². The van der Waals surface area contributed by atoms with Crippen molar-refractivity contribution in [3.63, 3.8) is 0 Å². The average molecular weight is 288 g/mol. The molecule has 0 bridgehead atoms. The van der Waals surface area contributed by atoms with Crippen LogP contribution in [-0.4, -0.2) is 13.0 Å². The molecule has 2 rings (SSSR count). The monoisotopic (exact) mass is 288 g/mol. The normalized spacial score (nSPS) is 10.3. The largest absolute Gasteiger partial charge is 0.380 e. The van der Waals surface area contributed by atoms with E-state index in [1.807, 2.05) is 36.5 Å². The summed E-state index contributed by atoms with van der Waals surface area (Å²) in [6.45, 7) is 5.00. The Labute approximate surface area is 124 Å². The molecule has 0 spiro atoms. The van der Waals surface area contributed by atoms with Gasteiger partial charge in [0.25, 0.3) is 5.91 Å². The Bertz CT molecular complexity index is 604. The Balaban J connectivity index is 2.10. The molecule has 0 atom stereocenters. The highest BCUT2D eigenvalue weighted by Gasteiger charge is 2.06. The van der Waals surface area contributed by atoms with Crippen molar-refractivity contribution in [1.82, 2.24) is 5.32 Å². The van der Waals surface area contributed by atoms with Crippen LogP contribution in [0.4, 0.5) is 5.69 Å². The Hall–Kier alpha value is -1.81. The van der Waals surface area contributed by atoms with Crippen LogP contribution in [-0.2, 0) is 13.0 Å². The Morgan fingerprint density at radius 2 is 1.95 bits per heavy atom. The summed E-state index contributed by atoms with van der Waals surface area (Å²) in [4.78, 5) is 14.4. The van der Waals surface area contributed by atoms with E-state index >= 15 is 0 Å². The standard InChI is InChI=1S/C16H20N2OS/c1-4-13-7-8-14(20-13)10-18-15-9-12(16(19)17-3)6-5-11(15)2/h5-9,18H,4,10H2,1-3H3,(H,17,19). The van der Waals surface area contributed by atoms with E-state index in [0.29, 0.717) is 5.56 Å². The number of thiophene rings is 1. The number of rotatable bonds is 5. The molecule has 0 aliphatic rings. The molecule has 106 valence electrons. The van der Waals surface area contributed by atoms with Gasteiger partial charge in [-0.25, -0.2) is 0 Å². The number of amides is 1. The van der Waals surface area contributed by atoms with Crippen molar-refractivity contribution >= 4 is 22.9 Å². The summed E-state index contributed by atoms with van der Waals surface area (Å²) in [6, 6.07) is 10.1. The van der Waals surface area contributed by atoms with E-state index in [9.17, 15) is 4.79 Å². The zero-order valence-corrected chi connectivity index (χ0v) is 12.9. The third-order valence-corrected chi connectivity index (χ3v) is 4.48. The third-order valence-electron chi connectivity index (χ3n) is 3.25. The van der Waals surface area contributed by atoms with E-state index in [2.05, 4.69) is 29.7 Å². The van der Waals surface area contributed by atoms with Gasteiger partial charge in [0.15, 0.2) is 0 Å². The van der Waals surface area contributed by atoms with Crippen LogP contribution in [0.1, 0.15) is 32.6 Å². The lowest BCUT2D eigenvalue weighted by Gasteiger charge is -2.10. The van der Waals surface area contributed by atoms with Gasteiger partial charge in [0.2, 0.25) is 0 Å². The molecule has 1 aromatic carbocycles. The van der Waals surface area contributed by atoms with Crippen LogP contribution in [0.5, 0.6) is 0 Å². The molecule has 2 aromatic rings. The fourth-order valence-corrected chi connectivity index (χ4v) is 2.89. The van der Waals surface area contributed by atoms with E-state index < -0.39 is 0 Å². The van der Waals surface area contributed by atoms with Crippen molar-refractivity contribution in [3.8, 4) is 0 Å². The van der Waals surface area contributed by atoms with Gasteiger partial charge < -0.3 is 10.6 Å². The van der Waals surface area contributed by atoms with Gasteiger partial charge in [0.05, 0.1) is 0 Å². The molecule has 0 saturated carbocycles. The molecule has 0 aliphatic heterocycles. The quantitative estimate of drug-likeness (QED) is 0.882. The Morgan fingerprint density at radius 1 is 1.20 bits per heavy atom. The highest BCUT2D eigenvalue weighted by atomic mass is 32.1. The minimum Gasteiger partial charge on any atom is -0.380 e. The molecule has 0 aliphatic carbocycles. The third kappa shape index (κ3) is 3.39. The summed E-state index contributed by atoms with van der Waals surface area (Å²) >= 11 is 1.83. The molecule has 0 unspecified atom stereocenters. The van der Waals surface area contributed by atoms with Crippen LogP contribution in [0, 0.1) is 6.92 Å². The second-order valence-electron chi connectivity index (χ2n) is 4.68. The fraction of sp³-hybridized carbons (Fsp3) is 0.312. The van der Waals surface area contributed by atoms with Crippen LogP contribution in [0.2, 0.25) is 0 Å². The van der Waals surface area contributed by atoms with Crippen molar-refractivity contribution in [2.45, 2.75) is 26.8 Å². The number of anilines is 1. The molecular formula is C16H20N2OS. The van der Waals surface area contributed by atoms with Crippen LogP contribution in [0.25, 0.3) is 0 Å². The number of aryl methyl sites for hydroxylation is 2. The number of benzene rings is 1. The lowest BCUT2D eigenvalue weighted by molar-refractivity contribution is 0.0963. The van der Waals surface area contributed by atoms with Crippen molar-refractivity contribution < 1.29 is 4.79 Å². The minimum absolute atomic E-state index is 0.0579. The van der Waals surface area contributed by atoms with Crippen LogP contribution >= 0.6 is 11.3 Å². The number of carbonyl (C=O) groups excluding carboxylic acids is 1. The number of hydrogen-bond donors (Lipinski definition) is 2. The predicted molar refractivity (Wildman–Crippen MR) is 85.6 cm³/mol. The van der Waals surface area contributed by atoms with E-state index in [4.69, 9.17) is 0 Å². The molecule has 0 fully saturated rings. The van der Waals surface area contributed by atoms with E-state index in [1.165, 1.54) is 9.75 Å². The molecule has 3 nitrogen and oxygen atoms in total. The molecule has 1 amide bonds. The summed E-state index contributed by atoms with van der Waals surface area (Å²) in [7, 11) is 1.65. The van der Waals surface area contributed by atoms with Gasteiger partial charge in [0, 0.05) is 34.6 Å². The Kier molecular flexibility index (Phi) is 4.79. The second-order valence-corrected chi connectivity index (χ2v) is 5.94. The summed E-state index contributed by atoms with van der Waals surface area (Å²) < 4.78 is 0. The van der Waals surface area contributed by atoms with Gasteiger partial charge in [-0.15, -0.1) is 11.3 Å². The molecule has 0 saturated heterocycles. The first-order valence-electron chi connectivity index (χ1n) is 6.78. The van der Waals surface area contributed by atoms with Crippen molar-refractivity contribution in [3.05, 3.63) is 51.2 Å². The highest BCUT2D eigenvalue weighted by Crippen LogP contribution is 2.21. The van der Waals surface area contributed by atoms with Gasteiger partial charge in [0.1, 0.15) is 0 Å². The zero-order chi connectivity index (χ0) is 14.5. The molecule has 1 heterocycles. The molecule has 20 heavy (non-hydrogen) atoms. The molecular weight excluding hydrogens is 268 g/mol. The smallest absolute Gasteiger partial charge is 0.251 e.